The predicted molar refractivity (Wildman–Crippen MR) is 136 cm³/mol. The van der Waals surface area contributed by atoms with Gasteiger partial charge >= 0.3 is 0 Å². The predicted octanol–water partition coefficient (Wildman–Crippen LogP) is 6.46. The molecule has 0 aliphatic heterocycles. The van der Waals surface area contributed by atoms with Crippen LogP contribution < -0.4 is 24.3 Å². The lowest BCUT2D eigenvalue weighted by Gasteiger charge is -2.15. The zero-order valence-corrected chi connectivity index (χ0v) is 20.8. The van der Waals surface area contributed by atoms with E-state index in [1.54, 1.807) is 18.2 Å². The summed E-state index contributed by atoms with van der Waals surface area (Å²) < 4.78 is 50.3. The number of rotatable bonds is 10. The molecule has 0 bridgehead atoms. The van der Waals surface area contributed by atoms with Crippen molar-refractivity contribution in [2.24, 2.45) is 0 Å². The van der Waals surface area contributed by atoms with Crippen LogP contribution in [0.4, 0.5) is 20.3 Å². The van der Waals surface area contributed by atoms with Crippen LogP contribution >= 0.6 is 12.4 Å². The van der Waals surface area contributed by atoms with E-state index >= 15 is 0 Å². The molecular weight excluding hydrogens is 492 g/mol. The van der Waals surface area contributed by atoms with Crippen molar-refractivity contribution in [3.63, 3.8) is 0 Å². The lowest BCUT2D eigenvalue weighted by atomic mass is 10.2. The summed E-state index contributed by atoms with van der Waals surface area (Å²) in [5.74, 6) is 1.16. The molecule has 1 aromatic heterocycles. The first kappa shape index (κ1) is 26.7. The number of halogens is 3. The Balaban J connectivity index is 0.00000361. The minimum Gasteiger partial charge on any atom is -0.493 e. The van der Waals surface area contributed by atoms with Crippen LogP contribution in [0.3, 0.4) is 0 Å². The Morgan fingerprint density at radius 1 is 0.806 bits per heavy atom. The van der Waals surface area contributed by atoms with Gasteiger partial charge in [0.05, 0.1) is 31.4 Å². The molecule has 0 radical (unpaired) electrons. The van der Waals surface area contributed by atoms with E-state index in [0.717, 1.165) is 5.39 Å². The van der Waals surface area contributed by atoms with Crippen molar-refractivity contribution in [2.45, 2.75) is 20.5 Å². The van der Waals surface area contributed by atoms with E-state index in [4.69, 9.17) is 18.9 Å². The summed E-state index contributed by atoms with van der Waals surface area (Å²) in [4.78, 5) is 8.73. The van der Waals surface area contributed by atoms with E-state index < -0.39 is 11.6 Å². The molecule has 4 rings (SSSR count). The van der Waals surface area contributed by atoms with E-state index in [9.17, 15) is 8.78 Å². The zero-order valence-electron chi connectivity index (χ0n) is 20.0. The second-order valence-electron chi connectivity index (χ2n) is 7.38. The maximum absolute atomic E-state index is 13.9. The van der Waals surface area contributed by atoms with Gasteiger partial charge in [-0.1, -0.05) is 6.07 Å². The smallest absolute Gasteiger partial charge is 0.163 e. The topological polar surface area (TPSA) is 74.7 Å². The summed E-state index contributed by atoms with van der Waals surface area (Å²) in [6, 6.07) is 12.4. The quantitative estimate of drug-likeness (QED) is 0.259. The molecule has 1 N–H and O–H groups in total. The second-order valence-corrected chi connectivity index (χ2v) is 7.38. The summed E-state index contributed by atoms with van der Waals surface area (Å²) in [6.07, 6.45) is 1.46. The molecule has 190 valence electrons. The maximum atomic E-state index is 13.9. The second kappa shape index (κ2) is 12.2. The molecule has 0 saturated heterocycles. The number of aromatic nitrogens is 2. The number of hydrogen-bond donors (Lipinski definition) is 1. The molecule has 36 heavy (non-hydrogen) atoms. The van der Waals surface area contributed by atoms with Gasteiger partial charge in [-0.05, 0) is 44.2 Å². The van der Waals surface area contributed by atoms with Crippen molar-refractivity contribution in [1.29, 1.82) is 0 Å². The largest absolute Gasteiger partial charge is 0.493 e. The van der Waals surface area contributed by atoms with Crippen LogP contribution in [-0.4, -0.2) is 30.3 Å². The molecule has 7 nitrogen and oxygen atoms in total. The Kier molecular flexibility index (Phi) is 9.08. The highest BCUT2D eigenvalue weighted by Gasteiger charge is 2.14. The van der Waals surface area contributed by atoms with Gasteiger partial charge in [-0.15, -0.1) is 12.4 Å². The summed E-state index contributed by atoms with van der Waals surface area (Å²) in [6.45, 7) is 4.51. The molecule has 0 unspecified atom stereocenters. The molecule has 0 aliphatic rings. The highest BCUT2D eigenvalue weighted by atomic mass is 35.5. The van der Waals surface area contributed by atoms with E-state index in [1.807, 2.05) is 26.0 Å². The van der Waals surface area contributed by atoms with Crippen molar-refractivity contribution in [3.8, 4) is 23.0 Å². The Bertz CT molecular complexity index is 1320. The molecule has 4 aromatic rings. The van der Waals surface area contributed by atoms with Crippen LogP contribution in [0.25, 0.3) is 10.9 Å². The Morgan fingerprint density at radius 3 is 2.17 bits per heavy atom. The van der Waals surface area contributed by atoms with E-state index in [0.29, 0.717) is 53.2 Å². The van der Waals surface area contributed by atoms with Crippen LogP contribution in [0.1, 0.15) is 19.4 Å². The lowest BCUT2D eigenvalue weighted by Crippen LogP contribution is -2.03. The van der Waals surface area contributed by atoms with Crippen molar-refractivity contribution in [1.82, 2.24) is 9.97 Å². The average molecular weight is 518 g/mol. The molecule has 0 saturated carbocycles. The SMILES string of the molecule is CCOc1cc2ncnc(Nc3ccc(OCc4c(F)cccc4F)c(OC)c3)c2cc1OCC.Cl. The van der Waals surface area contributed by atoms with Crippen LogP contribution in [0.15, 0.2) is 54.9 Å². The molecule has 1 heterocycles. The maximum Gasteiger partial charge on any atom is 0.163 e. The number of anilines is 2. The molecule has 0 atom stereocenters. The van der Waals surface area contributed by atoms with Gasteiger partial charge in [0.15, 0.2) is 23.0 Å². The molecule has 0 spiro atoms. The summed E-state index contributed by atoms with van der Waals surface area (Å²) in [7, 11) is 1.49. The van der Waals surface area contributed by atoms with Crippen molar-refractivity contribution >= 4 is 34.8 Å². The molecule has 10 heteroatoms. The summed E-state index contributed by atoms with van der Waals surface area (Å²) in [5.41, 5.74) is 1.20. The Hall–Kier alpha value is -3.85. The Labute approximate surface area is 213 Å². The number of ether oxygens (including phenoxy) is 4. The van der Waals surface area contributed by atoms with Gasteiger partial charge in [-0.3, -0.25) is 0 Å². The number of nitrogens with one attached hydrogen (secondary N) is 1. The first-order valence-electron chi connectivity index (χ1n) is 11.1. The first-order chi connectivity index (χ1) is 17.0. The van der Waals surface area contributed by atoms with Gasteiger partial charge in [-0.25, -0.2) is 18.7 Å². The molecular formula is C26H26ClF2N3O4. The van der Waals surface area contributed by atoms with Gasteiger partial charge in [0, 0.05) is 23.2 Å². The lowest BCUT2D eigenvalue weighted by molar-refractivity contribution is 0.274. The monoisotopic (exact) mass is 517 g/mol. The number of methoxy groups -OCH3 is 1. The third kappa shape index (κ3) is 5.85. The number of benzene rings is 3. The van der Waals surface area contributed by atoms with Crippen LogP contribution in [0.2, 0.25) is 0 Å². The van der Waals surface area contributed by atoms with Crippen molar-refractivity contribution in [3.05, 3.63) is 72.1 Å². The third-order valence-corrected chi connectivity index (χ3v) is 5.16. The fourth-order valence-electron chi connectivity index (χ4n) is 3.52. The third-order valence-electron chi connectivity index (χ3n) is 5.16. The highest BCUT2D eigenvalue weighted by molar-refractivity contribution is 5.93. The fourth-order valence-corrected chi connectivity index (χ4v) is 3.52. The van der Waals surface area contributed by atoms with Crippen LogP contribution in [0.5, 0.6) is 23.0 Å². The van der Waals surface area contributed by atoms with E-state index in [2.05, 4.69) is 15.3 Å². The fraction of sp³-hybridized carbons (Fsp3) is 0.231. The van der Waals surface area contributed by atoms with Gasteiger partial charge in [0.1, 0.15) is 30.4 Å². The number of fused-ring (bicyclic) bond motifs is 1. The standard InChI is InChI=1S/C26H25F2N3O4.ClH/c1-4-33-24-12-17-21(13-25(24)34-5-2)29-15-30-26(17)31-16-9-10-22(23(11-16)32-3)35-14-18-19(27)7-6-8-20(18)28;/h6-13,15H,4-5,14H2,1-3H3,(H,29,30,31);1H. The zero-order chi connectivity index (χ0) is 24.8. The normalized spacial score (nSPS) is 10.5. The van der Waals surface area contributed by atoms with Gasteiger partial charge in [-0.2, -0.15) is 0 Å². The van der Waals surface area contributed by atoms with Crippen LogP contribution in [-0.2, 0) is 6.61 Å². The van der Waals surface area contributed by atoms with Gasteiger partial charge in [0.2, 0.25) is 0 Å². The van der Waals surface area contributed by atoms with E-state index in [-0.39, 0.29) is 24.6 Å². The van der Waals surface area contributed by atoms with Gasteiger partial charge in [0.25, 0.3) is 0 Å². The summed E-state index contributed by atoms with van der Waals surface area (Å²) in [5, 5.41) is 4.00. The molecule has 3 aromatic carbocycles. The van der Waals surface area contributed by atoms with Crippen molar-refractivity contribution in [2.75, 3.05) is 25.6 Å². The molecule has 0 fully saturated rings. The minimum atomic E-state index is -0.670. The molecule has 0 aliphatic carbocycles. The Morgan fingerprint density at radius 2 is 1.50 bits per heavy atom. The minimum absolute atomic E-state index is 0. The van der Waals surface area contributed by atoms with E-state index in [1.165, 1.54) is 31.6 Å². The number of hydrogen-bond acceptors (Lipinski definition) is 7. The summed E-state index contributed by atoms with van der Waals surface area (Å²) >= 11 is 0. The van der Waals surface area contributed by atoms with Crippen LogP contribution in [0, 0.1) is 11.6 Å². The van der Waals surface area contributed by atoms with Gasteiger partial charge < -0.3 is 24.3 Å². The average Bonchev–Trinajstić information content (AvgIpc) is 2.85. The number of nitrogens with zero attached hydrogens (tertiary/aromatic N) is 2. The highest BCUT2D eigenvalue weighted by Crippen LogP contribution is 2.36. The molecule has 0 amide bonds. The first-order valence-corrected chi connectivity index (χ1v) is 11.1. The van der Waals surface area contributed by atoms with Crippen molar-refractivity contribution < 1.29 is 27.7 Å².